The highest BCUT2D eigenvalue weighted by Gasteiger charge is 2.22. The van der Waals surface area contributed by atoms with Crippen LogP contribution >= 0.6 is 0 Å². The Labute approximate surface area is 153 Å². The maximum absolute atomic E-state index is 5.89. The van der Waals surface area contributed by atoms with Crippen LogP contribution in [0.5, 0.6) is 0 Å². The van der Waals surface area contributed by atoms with Gasteiger partial charge in [0.15, 0.2) is 5.58 Å². The molecule has 26 heavy (non-hydrogen) atoms. The van der Waals surface area contributed by atoms with E-state index in [1.54, 1.807) is 7.11 Å². The topological polar surface area (TPSA) is 68.3 Å². The van der Waals surface area contributed by atoms with Gasteiger partial charge in [-0.25, -0.2) is 4.98 Å². The minimum Gasteiger partial charge on any atom is -0.423 e. The predicted molar refractivity (Wildman–Crippen MR) is 100 cm³/mol. The van der Waals surface area contributed by atoms with Crippen LogP contribution in [-0.4, -0.2) is 47.4 Å². The van der Waals surface area contributed by atoms with E-state index in [1.807, 2.05) is 36.8 Å². The number of ether oxygens (including phenoxy) is 1. The van der Waals surface area contributed by atoms with Gasteiger partial charge in [0.2, 0.25) is 0 Å². The summed E-state index contributed by atoms with van der Waals surface area (Å²) in [4.78, 5) is 11.1. The Bertz CT molecular complexity index is 802. The first-order valence-corrected chi connectivity index (χ1v) is 9.15. The number of rotatable bonds is 7. The van der Waals surface area contributed by atoms with E-state index >= 15 is 0 Å². The highest BCUT2D eigenvalue weighted by molar-refractivity contribution is 5.74. The fourth-order valence-corrected chi connectivity index (χ4v) is 3.41. The van der Waals surface area contributed by atoms with E-state index in [4.69, 9.17) is 9.15 Å². The molecule has 138 valence electrons. The third-order valence-corrected chi connectivity index (χ3v) is 4.95. The molecule has 0 unspecified atom stereocenters. The number of nitrogens with one attached hydrogen (secondary N) is 1. The molecule has 7 heteroatoms. The lowest BCUT2D eigenvalue weighted by Crippen LogP contribution is -2.42. The summed E-state index contributed by atoms with van der Waals surface area (Å²) in [6, 6.07) is 9.16. The van der Waals surface area contributed by atoms with Crippen molar-refractivity contribution in [3.8, 4) is 0 Å². The molecule has 4 rings (SSSR count). The van der Waals surface area contributed by atoms with E-state index in [0.29, 0.717) is 12.6 Å². The van der Waals surface area contributed by atoms with E-state index < -0.39 is 0 Å². The van der Waals surface area contributed by atoms with Gasteiger partial charge in [-0.05, 0) is 25.0 Å². The molecular formula is C19H25N5O2. The Morgan fingerprint density at radius 3 is 2.92 bits per heavy atom. The van der Waals surface area contributed by atoms with Crippen molar-refractivity contribution in [1.29, 1.82) is 0 Å². The second-order valence-electron chi connectivity index (χ2n) is 6.68. The van der Waals surface area contributed by atoms with Crippen LogP contribution in [0.2, 0.25) is 0 Å². The fourth-order valence-electron chi connectivity index (χ4n) is 3.41. The van der Waals surface area contributed by atoms with Crippen molar-refractivity contribution < 1.29 is 9.15 Å². The zero-order chi connectivity index (χ0) is 17.8. The molecule has 3 aromatic rings. The lowest BCUT2D eigenvalue weighted by atomic mass is 10.1. The maximum atomic E-state index is 5.89. The second kappa shape index (κ2) is 7.88. The van der Waals surface area contributed by atoms with Crippen molar-refractivity contribution in [2.75, 3.05) is 31.7 Å². The molecule has 1 fully saturated rings. The highest BCUT2D eigenvalue weighted by Crippen LogP contribution is 2.24. The van der Waals surface area contributed by atoms with Gasteiger partial charge in [0.25, 0.3) is 6.01 Å². The SMILES string of the molecule is COCCn1cncc1CNC1CCN(c2nc3ccccc3o2)CC1. The molecular weight excluding hydrogens is 330 g/mol. The lowest BCUT2D eigenvalue weighted by molar-refractivity contribution is 0.186. The van der Waals surface area contributed by atoms with Gasteiger partial charge in [0, 0.05) is 45.5 Å². The summed E-state index contributed by atoms with van der Waals surface area (Å²) in [5.74, 6) is 0. The Morgan fingerprint density at radius 1 is 1.27 bits per heavy atom. The summed E-state index contributed by atoms with van der Waals surface area (Å²) >= 11 is 0. The Kier molecular flexibility index (Phi) is 5.17. The van der Waals surface area contributed by atoms with Crippen molar-refractivity contribution in [2.45, 2.75) is 32.0 Å². The smallest absolute Gasteiger partial charge is 0.298 e. The number of hydrogen-bond donors (Lipinski definition) is 1. The Morgan fingerprint density at radius 2 is 2.12 bits per heavy atom. The van der Waals surface area contributed by atoms with Crippen LogP contribution in [-0.2, 0) is 17.8 Å². The van der Waals surface area contributed by atoms with Crippen molar-refractivity contribution in [2.24, 2.45) is 0 Å². The third kappa shape index (κ3) is 3.73. The summed E-state index contributed by atoms with van der Waals surface area (Å²) in [7, 11) is 1.72. The fraction of sp³-hybridized carbons (Fsp3) is 0.474. The van der Waals surface area contributed by atoms with E-state index in [-0.39, 0.29) is 0 Å². The van der Waals surface area contributed by atoms with Crippen LogP contribution in [0.25, 0.3) is 11.1 Å². The first-order valence-electron chi connectivity index (χ1n) is 9.15. The number of benzene rings is 1. The molecule has 2 aromatic heterocycles. The molecule has 0 amide bonds. The van der Waals surface area contributed by atoms with E-state index in [2.05, 4.69) is 24.8 Å². The van der Waals surface area contributed by atoms with Gasteiger partial charge in [-0.3, -0.25) is 0 Å². The number of anilines is 1. The molecule has 0 atom stereocenters. The number of methoxy groups -OCH3 is 1. The molecule has 1 aliphatic rings. The normalized spacial score (nSPS) is 15.8. The monoisotopic (exact) mass is 355 g/mol. The first kappa shape index (κ1) is 17.1. The van der Waals surface area contributed by atoms with Gasteiger partial charge in [-0.2, -0.15) is 4.98 Å². The molecule has 7 nitrogen and oxygen atoms in total. The zero-order valence-electron chi connectivity index (χ0n) is 15.1. The number of oxazole rings is 1. The summed E-state index contributed by atoms with van der Waals surface area (Å²) < 4.78 is 13.2. The average Bonchev–Trinajstić information content (AvgIpc) is 3.31. The molecule has 0 bridgehead atoms. The second-order valence-corrected chi connectivity index (χ2v) is 6.68. The average molecular weight is 355 g/mol. The standard InChI is InChI=1S/C19H25N5O2/c1-25-11-10-24-14-20-12-16(24)13-21-15-6-8-23(9-7-15)19-22-17-4-2-3-5-18(17)26-19/h2-5,12,14-15,21H,6-11,13H2,1H3. The molecule has 1 N–H and O–H groups in total. The summed E-state index contributed by atoms with van der Waals surface area (Å²) in [6.07, 6.45) is 5.94. The Hall–Kier alpha value is -2.38. The number of aromatic nitrogens is 3. The van der Waals surface area contributed by atoms with Crippen molar-refractivity contribution >= 4 is 17.1 Å². The molecule has 0 radical (unpaired) electrons. The quantitative estimate of drug-likeness (QED) is 0.702. The number of piperidine rings is 1. The van der Waals surface area contributed by atoms with Crippen LogP contribution in [0.4, 0.5) is 6.01 Å². The van der Waals surface area contributed by atoms with Crippen molar-refractivity contribution in [1.82, 2.24) is 19.9 Å². The lowest BCUT2D eigenvalue weighted by Gasteiger charge is -2.31. The predicted octanol–water partition coefficient (Wildman–Crippen LogP) is 2.43. The van der Waals surface area contributed by atoms with Gasteiger partial charge in [-0.1, -0.05) is 12.1 Å². The molecule has 1 aromatic carbocycles. The molecule has 1 saturated heterocycles. The number of para-hydroxylation sites is 2. The van der Waals surface area contributed by atoms with Gasteiger partial charge >= 0.3 is 0 Å². The van der Waals surface area contributed by atoms with Gasteiger partial charge in [0.05, 0.1) is 18.6 Å². The van der Waals surface area contributed by atoms with Gasteiger partial charge < -0.3 is 23.9 Å². The highest BCUT2D eigenvalue weighted by atomic mass is 16.5. The van der Waals surface area contributed by atoms with E-state index in [0.717, 1.165) is 56.1 Å². The van der Waals surface area contributed by atoms with Crippen LogP contribution < -0.4 is 10.2 Å². The van der Waals surface area contributed by atoms with Crippen LogP contribution in [0, 0.1) is 0 Å². The first-order chi connectivity index (χ1) is 12.8. The summed E-state index contributed by atoms with van der Waals surface area (Å²) in [6.45, 7) is 4.27. The van der Waals surface area contributed by atoms with Gasteiger partial charge in [-0.15, -0.1) is 0 Å². The Balaban J connectivity index is 1.29. The van der Waals surface area contributed by atoms with Crippen LogP contribution in [0.3, 0.4) is 0 Å². The summed E-state index contributed by atoms with van der Waals surface area (Å²) in [5.41, 5.74) is 2.97. The van der Waals surface area contributed by atoms with Gasteiger partial charge in [0.1, 0.15) is 5.52 Å². The molecule has 0 saturated carbocycles. The number of hydrogen-bond acceptors (Lipinski definition) is 6. The van der Waals surface area contributed by atoms with Crippen molar-refractivity contribution in [3.05, 3.63) is 42.5 Å². The van der Waals surface area contributed by atoms with Crippen molar-refractivity contribution in [3.63, 3.8) is 0 Å². The molecule has 0 aliphatic carbocycles. The molecule has 0 spiro atoms. The largest absolute Gasteiger partial charge is 0.423 e. The van der Waals surface area contributed by atoms with Crippen LogP contribution in [0.1, 0.15) is 18.5 Å². The molecule has 3 heterocycles. The summed E-state index contributed by atoms with van der Waals surface area (Å²) in [5, 5.41) is 3.66. The molecule has 1 aliphatic heterocycles. The number of nitrogens with zero attached hydrogens (tertiary/aromatic N) is 4. The minimum atomic E-state index is 0.501. The van der Waals surface area contributed by atoms with E-state index in [1.165, 1.54) is 5.69 Å². The zero-order valence-corrected chi connectivity index (χ0v) is 15.1. The number of fused-ring (bicyclic) bond motifs is 1. The van der Waals surface area contributed by atoms with E-state index in [9.17, 15) is 0 Å². The van der Waals surface area contributed by atoms with Crippen LogP contribution in [0.15, 0.2) is 41.2 Å². The number of imidazole rings is 1. The minimum absolute atomic E-state index is 0.501. The third-order valence-electron chi connectivity index (χ3n) is 4.95. The maximum Gasteiger partial charge on any atom is 0.298 e.